The van der Waals surface area contributed by atoms with Gasteiger partial charge in [0.25, 0.3) is 0 Å². The molecule has 19 heavy (non-hydrogen) atoms. The Labute approximate surface area is 115 Å². The molecular formula is C15H23N3O. The normalized spacial score (nSPS) is 18.6. The largest absolute Gasteiger partial charge is 0.372 e. The van der Waals surface area contributed by atoms with Gasteiger partial charge in [-0.05, 0) is 25.0 Å². The zero-order valence-corrected chi connectivity index (χ0v) is 11.9. The van der Waals surface area contributed by atoms with Crippen LogP contribution in [0.1, 0.15) is 12.8 Å². The molecule has 1 aromatic carbocycles. The Hall–Kier alpha value is -1.71. The summed E-state index contributed by atoms with van der Waals surface area (Å²) in [7, 11) is 3.62. The van der Waals surface area contributed by atoms with Crippen molar-refractivity contribution in [2.45, 2.75) is 12.8 Å². The average Bonchev–Trinajstić information content (AvgIpc) is 3.07. The van der Waals surface area contributed by atoms with Crippen molar-refractivity contribution in [1.29, 1.82) is 0 Å². The highest BCUT2D eigenvalue weighted by molar-refractivity contribution is 5.75. The van der Waals surface area contributed by atoms with Crippen molar-refractivity contribution in [1.82, 2.24) is 9.80 Å². The molecule has 0 saturated carbocycles. The quantitative estimate of drug-likeness (QED) is 0.775. The van der Waals surface area contributed by atoms with E-state index in [1.165, 1.54) is 31.6 Å². The Morgan fingerprint density at radius 3 is 1.79 bits per heavy atom. The lowest BCUT2D eigenvalue weighted by molar-refractivity contribution is 0.205. The predicted octanol–water partition coefficient (Wildman–Crippen LogP) is 2.27. The van der Waals surface area contributed by atoms with Crippen molar-refractivity contribution in [3.63, 3.8) is 0 Å². The number of anilines is 1. The van der Waals surface area contributed by atoms with E-state index in [2.05, 4.69) is 35.2 Å². The topological polar surface area (TPSA) is 26.8 Å². The number of rotatable bonds is 1. The van der Waals surface area contributed by atoms with Gasteiger partial charge in [-0.1, -0.05) is 18.2 Å². The predicted molar refractivity (Wildman–Crippen MR) is 78.5 cm³/mol. The number of carbonyl (C=O) groups excluding carboxylic acids is 1. The molecule has 2 saturated heterocycles. The van der Waals surface area contributed by atoms with Crippen LogP contribution in [-0.2, 0) is 0 Å². The summed E-state index contributed by atoms with van der Waals surface area (Å²) < 4.78 is 0. The fourth-order valence-corrected chi connectivity index (χ4v) is 2.40. The molecule has 3 rings (SSSR count). The third-order valence-electron chi connectivity index (χ3n) is 3.65. The van der Waals surface area contributed by atoms with Gasteiger partial charge in [0.05, 0.1) is 0 Å². The summed E-state index contributed by atoms with van der Waals surface area (Å²) >= 11 is 0. The summed E-state index contributed by atoms with van der Waals surface area (Å²) in [6.45, 7) is 4.22. The van der Waals surface area contributed by atoms with E-state index in [1.54, 1.807) is 9.80 Å². The summed E-state index contributed by atoms with van der Waals surface area (Å²) in [5.41, 5.74) is 1.38. The lowest BCUT2D eigenvalue weighted by Gasteiger charge is -2.16. The minimum Gasteiger partial charge on any atom is -0.372 e. The molecule has 0 aromatic heterocycles. The molecule has 2 heterocycles. The summed E-state index contributed by atoms with van der Waals surface area (Å²) in [6, 6.07) is 10.8. The van der Waals surface area contributed by atoms with Crippen molar-refractivity contribution >= 4 is 11.7 Å². The molecule has 104 valence electrons. The molecule has 0 spiro atoms. The van der Waals surface area contributed by atoms with Crippen molar-refractivity contribution in [2.75, 3.05) is 45.2 Å². The van der Waals surface area contributed by atoms with Crippen LogP contribution in [0.2, 0.25) is 0 Å². The van der Waals surface area contributed by atoms with Crippen molar-refractivity contribution in [2.24, 2.45) is 0 Å². The molecule has 2 aliphatic rings. The van der Waals surface area contributed by atoms with E-state index >= 15 is 0 Å². The zero-order valence-electron chi connectivity index (χ0n) is 11.9. The SMILES string of the molecule is CN1CCN(C)C1=O.c1ccc(N2CCCC2)cc1. The summed E-state index contributed by atoms with van der Waals surface area (Å²) in [5, 5.41) is 0. The fraction of sp³-hybridized carbons (Fsp3) is 0.533. The fourth-order valence-electron chi connectivity index (χ4n) is 2.40. The van der Waals surface area contributed by atoms with Crippen LogP contribution in [0, 0.1) is 0 Å². The number of amides is 2. The van der Waals surface area contributed by atoms with E-state index in [9.17, 15) is 4.79 Å². The van der Waals surface area contributed by atoms with Gasteiger partial charge in [0.2, 0.25) is 0 Å². The molecule has 0 radical (unpaired) electrons. The van der Waals surface area contributed by atoms with Crippen molar-refractivity contribution in [3.05, 3.63) is 30.3 Å². The van der Waals surface area contributed by atoms with Gasteiger partial charge < -0.3 is 14.7 Å². The van der Waals surface area contributed by atoms with Gasteiger partial charge >= 0.3 is 6.03 Å². The first kappa shape index (κ1) is 13.7. The first-order valence-electron chi connectivity index (χ1n) is 6.94. The number of hydrogen-bond acceptors (Lipinski definition) is 2. The number of para-hydroxylation sites is 1. The van der Waals surface area contributed by atoms with E-state index in [-0.39, 0.29) is 6.03 Å². The van der Waals surface area contributed by atoms with Crippen molar-refractivity contribution < 1.29 is 4.79 Å². The number of carbonyl (C=O) groups is 1. The zero-order chi connectivity index (χ0) is 13.7. The number of hydrogen-bond donors (Lipinski definition) is 0. The summed E-state index contributed by atoms with van der Waals surface area (Å²) in [4.78, 5) is 16.6. The Kier molecular flexibility index (Phi) is 4.66. The average molecular weight is 261 g/mol. The van der Waals surface area contributed by atoms with Crippen LogP contribution in [0.3, 0.4) is 0 Å². The summed E-state index contributed by atoms with van der Waals surface area (Å²) in [5.74, 6) is 0. The Bertz CT molecular complexity index is 389. The molecule has 4 nitrogen and oxygen atoms in total. The number of nitrogens with zero attached hydrogens (tertiary/aromatic N) is 3. The van der Waals surface area contributed by atoms with Crippen LogP contribution in [-0.4, -0.2) is 56.1 Å². The maximum atomic E-state index is 10.8. The van der Waals surface area contributed by atoms with Crippen LogP contribution in [0.5, 0.6) is 0 Å². The third kappa shape index (κ3) is 3.63. The molecule has 0 unspecified atom stereocenters. The molecule has 2 fully saturated rings. The number of likely N-dealkylation sites (N-methyl/N-ethyl adjacent to an activating group) is 2. The number of benzene rings is 1. The number of urea groups is 1. The molecule has 2 aliphatic heterocycles. The smallest absolute Gasteiger partial charge is 0.319 e. The Balaban J connectivity index is 0.000000148. The molecule has 1 aromatic rings. The Morgan fingerprint density at radius 1 is 0.842 bits per heavy atom. The first-order valence-corrected chi connectivity index (χ1v) is 6.94. The molecule has 2 amide bonds. The second-order valence-corrected chi connectivity index (χ2v) is 5.16. The molecule has 0 N–H and O–H groups in total. The lowest BCUT2D eigenvalue weighted by Crippen LogP contribution is -2.25. The molecule has 0 atom stereocenters. The van der Waals surface area contributed by atoms with Gasteiger partial charge in [-0.25, -0.2) is 4.79 Å². The third-order valence-corrected chi connectivity index (χ3v) is 3.65. The monoisotopic (exact) mass is 261 g/mol. The second-order valence-electron chi connectivity index (χ2n) is 5.16. The maximum Gasteiger partial charge on any atom is 0.319 e. The lowest BCUT2D eigenvalue weighted by atomic mass is 10.3. The standard InChI is InChI=1S/C10H13N.C5H10N2O/c1-2-6-10(7-3-1)11-8-4-5-9-11;1-6-3-4-7(2)5(6)8/h1-3,6-7H,4-5,8-9H2;3-4H2,1-2H3. The van der Waals surface area contributed by atoms with Gasteiger partial charge in [0.15, 0.2) is 0 Å². The van der Waals surface area contributed by atoms with E-state index in [1.807, 2.05) is 14.1 Å². The van der Waals surface area contributed by atoms with Gasteiger partial charge in [-0.2, -0.15) is 0 Å². The van der Waals surface area contributed by atoms with Crippen LogP contribution >= 0.6 is 0 Å². The van der Waals surface area contributed by atoms with E-state index in [0.29, 0.717) is 0 Å². The van der Waals surface area contributed by atoms with E-state index < -0.39 is 0 Å². The minimum atomic E-state index is 0.130. The molecule has 4 heteroatoms. The Morgan fingerprint density at radius 2 is 1.37 bits per heavy atom. The van der Waals surface area contributed by atoms with Gasteiger partial charge in [0.1, 0.15) is 0 Å². The highest BCUT2D eigenvalue weighted by Gasteiger charge is 2.20. The van der Waals surface area contributed by atoms with Gasteiger partial charge in [-0.3, -0.25) is 0 Å². The second kappa shape index (κ2) is 6.45. The van der Waals surface area contributed by atoms with Crippen LogP contribution < -0.4 is 4.90 Å². The molecule has 0 bridgehead atoms. The minimum absolute atomic E-state index is 0.130. The molecular weight excluding hydrogens is 238 g/mol. The van der Waals surface area contributed by atoms with Crippen LogP contribution in [0.4, 0.5) is 10.5 Å². The van der Waals surface area contributed by atoms with Crippen LogP contribution in [0.15, 0.2) is 30.3 Å². The summed E-state index contributed by atoms with van der Waals surface area (Å²) in [6.07, 6.45) is 2.71. The van der Waals surface area contributed by atoms with Crippen LogP contribution in [0.25, 0.3) is 0 Å². The first-order chi connectivity index (χ1) is 9.18. The highest BCUT2D eigenvalue weighted by atomic mass is 16.2. The van der Waals surface area contributed by atoms with Gasteiger partial charge in [0, 0.05) is 46.0 Å². The van der Waals surface area contributed by atoms with Crippen molar-refractivity contribution in [3.8, 4) is 0 Å². The molecule has 0 aliphatic carbocycles. The van der Waals surface area contributed by atoms with E-state index in [0.717, 1.165) is 13.1 Å². The maximum absolute atomic E-state index is 10.8. The van der Waals surface area contributed by atoms with Gasteiger partial charge in [-0.15, -0.1) is 0 Å². The van der Waals surface area contributed by atoms with E-state index in [4.69, 9.17) is 0 Å². The highest BCUT2D eigenvalue weighted by Crippen LogP contribution is 2.18.